The third-order valence-corrected chi connectivity index (χ3v) is 5.99. The number of likely N-dealkylation sites (tertiary alicyclic amines) is 1. The second-order valence-corrected chi connectivity index (χ2v) is 7.88. The van der Waals surface area contributed by atoms with Crippen molar-refractivity contribution in [2.24, 2.45) is 16.8 Å². The topological polar surface area (TPSA) is 48.9 Å². The summed E-state index contributed by atoms with van der Waals surface area (Å²) in [6.45, 7) is 7.66. The second-order valence-electron chi connectivity index (χ2n) is 7.88. The van der Waals surface area contributed by atoms with Gasteiger partial charge in [-0.2, -0.15) is 0 Å². The van der Waals surface area contributed by atoms with Crippen molar-refractivity contribution in [1.82, 2.24) is 15.5 Å². The van der Waals surface area contributed by atoms with Crippen molar-refractivity contribution in [3.05, 3.63) is 0 Å². The predicted octanol–water partition coefficient (Wildman–Crippen LogP) is 2.87. The molecule has 1 aliphatic heterocycles. The van der Waals surface area contributed by atoms with Crippen molar-refractivity contribution >= 4 is 5.96 Å². The molecule has 0 radical (unpaired) electrons. The summed E-state index contributed by atoms with van der Waals surface area (Å²) < 4.78 is 5.18. The van der Waals surface area contributed by atoms with Gasteiger partial charge in [0.1, 0.15) is 0 Å². The summed E-state index contributed by atoms with van der Waals surface area (Å²) >= 11 is 0. The lowest BCUT2D eigenvalue weighted by atomic mass is 9.83. The zero-order chi connectivity index (χ0) is 17.9. The van der Waals surface area contributed by atoms with Gasteiger partial charge in [0, 0.05) is 33.3 Å². The summed E-state index contributed by atoms with van der Waals surface area (Å²) in [6, 6.07) is 0.607. The largest absolute Gasteiger partial charge is 0.383 e. The fraction of sp³-hybridized carbons (Fsp3) is 0.950. The highest BCUT2D eigenvalue weighted by molar-refractivity contribution is 5.79. The molecule has 0 aromatic heterocycles. The first-order valence-corrected chi connectivity index (χ1v) is 10.4. The summed E-state index contributed by atoms with van der Waals surface area (Å²) in [5.74, 6) is 2.72. The van der Waals surface area contributed by atoms with Gasteiger partial charge in [-0.05, 0) is 63.5 Å². The molecule has 1 aliphatic carbocycles. The minimum absolute atomic E-state index is 0.607. The molecule has 5 heteroatoms. The molecule has 5 nitrogen and oxygen atoms in total. The number of hydrogen-bond acceptors (Lipinski definition) is 3. The molecular weight excluding hydrogens is 312 g/mol. The maximum absolute atomic E-state index is 5.18. The molecule has 25 heavy (non-hydrogen) atoms. The number of hydrogen-bond donors (Lipinski definition) is 2. The first-order valence-electron chi connectivity index (χ1n) is 10.4. The Morgan fingerprint density at radius 3 is 2.40 bits per heavy atom. The van der Waals surface area contributed by atoms with E-state index in [0.717, 1.165) is 37.5 Å². The van der Waals surface area contributed by atoms with Gasteiger partial charge in [0.15, 0.2) is 5.96 Å². The van der Waals surface area contributed by atoms with Gasteiger partial charge in [0.25, 0.3) is 0 Å². The lowest BCUT2D eigenvalue weighted by molar-refractivity contribution is 0.120. The van der Waals surface area contributed by atoms with Crippen LogP contribution in [0, 0.1) is 11.8 Å². The van der Waals surface area contributed by atoms with E-state index in [4.69, 9.17) is 4.74 Å². The molecule has 2 aliphatic rings. The van der Waals surface area contributed by atoms with Gasteiger partial charge in [-0.15, -0.1) is 0 Å². The van der Waals surface area contributed by atoms with E-state index in [-0.39, 0.29) is 0 Å². The van der Waals surface area contributed by atoms with Crippen LogP contribution in [0.3, 0.4) is 0 Å². The van der Waals surface area contributed by atoms with Crippen LogP contribution in [-0.2, 0) is 4.74 Å². The zero-order valence-corrected chi connectivity index (χ0v) is 16.7. The van der Waals surface area contributed by atoms with Gasteiger partial charge in [0.2, 0.25) is 0 Å². The summed E-state index contributed by atoms with van der Waals surface area (Å²) in [5, 5.41) is 7.23. The highest BCUT2D eigenvalue weighted by atomic mass is 16.5. The lowest BCUT2D eigenvalue weighted by Gasteiger charge is -2.33. The fourth-order valence-corrected chi connectivity index (χ4v) is 4.27. The molecule has 0 bridgehead atoms. The third kappa shape index (κ3) is 7.53. The quantitative estimate of drug-likeness (QED) is 0.521. The average Bonchev–Trinajstić information content (AvgIpc) is 2.66. The van der Waals surface area contributed by atoms with Gasteiger partial charge >= 0.3 is 0 Å². The van der Waals surface area contributed by atoms with Gasteiger partial charge in [-0.1, -0.05) is 19.8 Å². The second kappa shape index (κ2) is 11.7. The molecule has 1 saturated heterocycles. The van der Waals surface area contributed by atoms with Gasteiger partial charge in [0.05, 0.1) is 6.61 Å². The lowest BCUT2D eigenvalue weighted by Crippen LogP contribution is -2.47. The minimum Gasteiger partial charge on any atom is -0.383 e. The monoisotopic (exact) mass is 352 g/mol. The Bertz CT molecular complexity index is 372. The molecule has 0 amide bonds. The number of aliphatic imine (C=N–C) groups is 1. The van der Waals surface area contributed by atoms with E-state index in [9.17, 15) is 0 Å². The Morgan fingerprint density at radius 1 is 1.08 bits per heavy atom. The molecule has 0 aromatic rings. The maximum atomic E-state index is 5.18. The van der Waals surface area contributed by atoms with E-state index < -0.39 is 0 Å². The fourth-order valence-electron chi connectivity index (χ4n) is 4.27. The number of nitrogens with one attached hydrogen (secondary N) is 2. The molecule has 146 valence electrons. The Balaban J connectivity index is 1.61. The molecule has 2 rings (SSSR count). The van der Waals surface area contributed by atoms with E-state index >= 15 is 0 Å². The van der Waals surface area contributed by atoms with Crippen molar-refractivity contribution in [2.45, 2.75) is 64.3 Å². The van der Waals surface area contributed by atoms with E-state index in [1.165, 1.54) is 64.5 Å². The Kier molecular flexibility index (Phi) is 9.63. The molecule has 1 heterocycles. The molecule has 2 fully saturated rings. The molecule has 1 saturated carbocycles. The number of guanidine groups is 1. The Morgan fingerprint density at radius 2 is 1.80 bits per heavy atom. The Hall–Kier alpha value is -0.810. The molecule has 0 atom stereocenters. The first kappa shape index (κ1) is 20.5. The van der Waals surface area contributed by atoms with E-state index in [2.05, 4.69) is 27.4 Å². The van der Waals surface area contributed by atoms with Crippen molar-refractivity contribution < 1.29 is 4.74 Å². The number of piperidine rings is 1. The standard InChI is InChI=1S/C20H40N4O/c1-4-5-17-6-8-19(9-7-17)23-20(21-2)22-16-18-10-12-24(13-11-18)14-15-25-3/h17-19H,4-16H2,1-3H3,(H2,21,22,23). The van der Waals surface area contributed by atoms with Crippen LogP contribution in [0.4, 0.5) is 0 Å². The summed E-state index contributed by atoms with van der Waals surface area (Å²) in [5.41, 5.74) is 0. The molecular formula is C20H40N4O. The van der Waals surface area contributed by atoms with E-state index in [1.807, 2.05) is 7.05 Å². The summed E-state index contributed by atoms with van der Waals surface area (Å²) in [4.78, 5) is 6.96. The van der Waals surface area contributed by atoms with Crippen LogP contribution in [0.2, 0.25) is 0 Å². The van der Waals surface area contributed by atoms with Gasteiger partial charge in [-0.3, -0.25) is 4.99 Å². The number of rotatable bonds is 8. The van der Waals surface area contributed by atoms with Crippen LogP contribution >= 0.6 is 0 Å². The van der Waals surface area contributed by atoms with Crippen LogP contribution in [0.1, 0.15) is 58.3 Å². The summed E-state index contributed by atoms with van der Waals surface area (Å²) in [7, 11) is 3.68. The third-order valence-electron chi connectivity index (χ3n) is 5.99. The van der Waals surface area contributed by atoms with Gasteiger partial charge in [-0.25, -0.2) is 0 Å². The summed E-state index contributed by atoms with van der Waals surface area (Å²) in [6.07, 6.45) is 10.6. The van der Waals surface area contributed by atoms with Crippen LogP contribution < -0.4 is 10.6 Å². The number of methoxy groups -OCH3 is 1. The first-order chi connectivity index (χ1) is 12.2. The van der Waals surface area contributed by atoms with E-state index in [1.54, 1.807) is 7.11 Å². The van der Waals surface area contributed by atoms with Crippen molar-refractivity contribution in [1.29, 1.82) is 0 Å². The maximum Gasteiger partial charge on any atom is 0.191 e. The van der Waals surface area contributed by atoms with E-state index in [0.29, 0.717) is 6.04 Å². The normalized spacial score (nSPS) is 26.6. The molecule has 0 aromatic carbocycles. The average molecular weight is 353 g/mol. The minimum atomic E-state index is 0.607. The van der Waals surface area contributed by atoms with Crippen LogP contribution in [-0.4, -0.2) is 63.8 Å². The SMILES string of the molecule is CCCC1CCC(NC(=NC)NCC2CCN(CCOC)CC2)CC1. The number of nitrogens with zero attached hydrogens (tertiary/aromatic N) is 2. The van der Waals surface area contributed by atoms with Gasteiger partial charge < -0.3 is 20.3 Å². The van der Waals surface area contributed by atoms with Crippen LogP contribution in [0.25, 0.3) is 0 Å². The molecule has 0 spiro atoms. The predicted molar refractivity (Wildman–Crippen MR) is 106 cm³/mol. The van der Waals surface area contributed by atoms with Crippen LogP contribution in [0.15, 0.2) is 4.99 Å². The zero-order valence-electron chi connectivity index (χ0n) is 16.7. The smallest absolute Gasteiger partial charge is 0.191 e. The highest BCUT2D eigenvalue weighted by Crippen LogP contribution is 2.27. The van der Waals surface area contributed by atoms with Crippen LogP contribution in [0.5, 0.6) is 0 Å². The molecule has 2 N–H and O–H groups in total. The van der Waals surface area contributed by atoms with Crippen molar-refractivity contribution in [2.75, 3.05) is 46.9 Å². The Labute approximate surface area is 155 Å². The van der Waals surface area contributed by atoms with Crippen molar-refractivity contribution in [3.8, 4) is 0 Å². The molecule has 0 unspecified atom stereocenters. The number of ether oxygens (including phenoxy) is 1. The van der Waals surface area contributed by atoms with Crippen molar-refractivity contribution in [3.63, 3.8) is 0 Å². The highest BCUT2D eigenvalue weighted by Gasteiger charge is 2.22.